The molecule has 2 aromatic heterocycles. The molecule has 1 N–H and O–H groups in total. The van der Waals surface area contributed by atoms with E-state index >= 15 is 0 Å². The molecule has 0 unspecified atom stereocenters. The molecule has 0 aliphatic rings. The topological polar surface area (TPSA) is 73.0 Å². The first kappa shape index (κ1) is 16.6. The molecule has 0 aliphatic carbocycles. The van der Waals surface area contributed by atoms with E-state index in [-0.39, 0.29) is 5.91 Å². The van der Waals surface area contributed by atoms with Gasteiger partial charge in [0.15, 0.2) is 0 Å². The average molecular weight is 322 g/mol. The van der Waals surface area contributed by atoms with Crippen molar-refractivity contribution in [1.29, 1.82) is 0 Å². The summed E-state index contributed by atoms with van der Waals surface area (Å²) in [6.45, 7) is 6.76. The highest BCUT2D eigenvalue weighted by molar-refractivity contribution is 7.99. The van der Waals surface area contributed by atoms with Crippen molar-refractivity contribution in [3.05, 3.63) is 29.3 Å². The van der Waals surface area contributed by atoms with Gasteiger partial charge in [-0.25, -0.2) is 4.68 Å². The fourth-order valence-corrected chi connectivity index (χ4v) is 3.03. The summed E-state index contributed by atoms with van der Waals surface area (Å²) < 4.78 is 6.95. The molecule has 2 heterocycles. The summed E-state index contributed by atoms with van der Waals surface area (Å²) in [6, 6.07) is 1.83. The van der Waals surface area contributed by atoms with Crippen molar-refractivity contribution in [3.8, 4) is 0 Å². The summed E-state index contributed by atoms with van der Waals surface area (Å²) in [5, 5.41) is 11.1. The number of hydrogen-bond donors (Lipinski definition) is 1. The Balaban J connectivity index is 1.80. The number of rotatable bonds is 8. The van der Waals surface area contributed by atoms with Crippen molar-refractivity contribution in [3.63, 3.8) is 0 Å². The Kier molecular flexibility index (Phi) is 6.06. The third kappa shape index (κ3) is 4.37. The van der Waals surface area contributed by atoms with E-state index in [4.69, 9.17) is 4.52 Å². The van der Waals surface area contributed by atoms with Crippen LogP contribution in [0.15, 0.2) is 16.8 Å². The molecule has 120 valence electrons. The molecule has 0 bridgehead atoms. The zero-order valence-corrected chi connectivity index (χ0v) is 14.1. The third-order valence-corrected chi connectivity index (χ3v) is 4.33. The van der Waals surface area contributed by atoms with Gasteiger partial charge >= 0.3 is 0 Å². The number of nitrogens with one attached hydrogen (secondary N) is 1. The molecule has 0 radical (unpaired) electrons. The molecule has 0 aromatic carbocycles. The maximum Gasteiger partial charge on any atom is 0.235 e. The number of carbonyl (C=O) groups excluding carboxylic acids is 1. The second kappa shape index (κ2) is 8.03. The van der Waals surface area contributed by atoms with Crippen LogP contribution in [0.2, 0.25) is 0 Å². The van der Waals surface area contributed by atoms with E-state index in [0.717, 1.165) is 48.0 Å². The van der Waals surface area contributed by atoms with Gasteiger partial charge in [-0.15, -0.1) is 11.8 Å². The van der Waals surface area contributed by atoms with Crippen molar-refractivity contribution >= 4 is 23.5 Å². The third-order valence-electron chi connectivity index (χ3n) is 3.37. The number of hydrogen-bond acceptors (Lipinski definition) is 5. The lowest BCUT2D eigenvalue weighted by atomic mass is 10.2. The predicted octanol–water partition coefficient (Wildman–Crippen LogP) is 3.16. The minimum atomic E-state index is -0.0185. The van der Waals surface area contributed by atoms with Crippen molar-refractivity contribution < 1.29 is 9.32 Å². The first-order chi connectivity index (χ1) is 10.6. The molecule has 22 heavy (non-hydrogen) atoms. The van der Waals surface area contributed by atoms with Crippen LogP contribution in [0.25, 0.3) is 0 Å². The highest BCUT2D eigenvalue weighted by Gasteiger charge is 2.11. The fraction of sp³-hybridized carbons (Fsp3) is 0.533. The van der Waals surface area contributed by atoms with Crippen LogP contribution in [0, 0.1) is 13.8 Å². The van der Waals surface area contributed by atoms with Crippen LogP contribution >= 0.6 is 11.8 Å². The Morgan fingerprint density at radius 3 is 2.95 bits per heavy atom. The van der Waals surface area contributed by atoms with Crippen LogP contribution in [-0.2, 0) is 17.1 Å². The Labute approximate surface area is 134 Å². The van der Waals surface area contributed by atoms with E-state index in [1.165, 1.54) is 0 Å². The molecule has 1 amide bonds. The lowest BCUT2D eigenvalue weighted by Gasteiger charge is -2.08. The first-order valence-electron chi connectivity index (χ1n) is 7.43. The molecule has 0 aliphatic heterocycles. The smallest absolute Gasteiger partial charge is 0.235 e. The summed E-state index contributed by atoms with van der Waals surface area (Å²) >= 11 is 1.55. The van der Waals surface area contributed by atoms with Gasteiger partial charge in [0.1, 0.15) is 11.6 Å². The average Bonchev–Trinajstić information content (AvgIpc) is 3.06. The van der Waals surface area contributed by atoms with Crippen LogP contribution in [0.4, 0.5) is 5.82 Å². The molecular weight excluding hydrogens is 300 g/mol. The Morgan fingerprint density at radius 2 is 2.27 bits per heavy atom. The van der Waals surface area contributed by atoms with Crippen LogP contribution < -0.4 is 5.32 Å². The van der Waals surface area contributed by atoms with Gasteiger partial charge in [-0.1, -0.05) is 18.5 Å². The van der Waals surface area contributed by atoms with Crippen LogP contribution in [0.5, 0.6) is 0 Å². The molecule has 6 nitrogen and oxygen atoms in total. The normalized spacial score (nSPS) is 10.9. The number of nitrogens with zero attached hydrogens (tertiary/aromatic N) is 3. The van der Waals surface area contributed by atoms with Crippen LogP contribution in [0.1, 0.15) is 36.8 Å². The zero-order chi connectivity index (χ0) is 15.9. The SMILES string of the molecule is CCCCn1nccc1NC(=O)CSCc1c(C)noc1C. The standard InChI is InChI=1S/C15H22N4O2S/c1-4-5-8-19-14(6-7-16-19)17-15(20)10-22-9-13-11(2)18-21-12(13)3/h6-7H,4-5,8-10H2,1-3H3,(H,17,20). The van der Waals surface area contributed by atoms with Gasteiger partial charge in [-0.3, -0.25) is 4.79 Å². The Morgan fingerprint density at radius 1 is 1.45 bits per heavy atom. The molecular formula is C15H22N4O2S. The molecule has 0 atom stereocenters. The molecule has 2 rings (SSSR count). The summed E-state index contributed by atoms with van der Waals surface area (Å²) in [5.74, 6) is 2.68. The summed E-state index contributed by atoms with van der Waals surface area (Å²) in [6.07, 6.45) is 3.86. The second-order valence-corrected chi connectivity index (χ2v) is 6.12. The van der Waals surface area contributed by atoms with Gasteiger partial charge in [0.05, 0.1) is 17.6 Å². The van der Waals surface area contributed by atoms with Gasteiger partial charge in [0.2, 0.25) is 5.91 Å². The van der Waals surface area contributed by atoms with Crippen LogP contribution in [0.3, 0.4) is 0 Å². The predicted molar refractivity (Wildman–Crippen MR) is 87.9 cm³/mol. The minimum absolute atomic E-state index is 0.0185. The van der Waals surface area contributed by atoms with Crippen molar-refractivity contribution in [1.82, 2.24) is 14.9 Å². The monoisotopic (exact) mass is 322 g/mol. The fourth-order valence-electron chi connectivity index (χ4n) is 2.06. The number of amides is 1. The largest absolute Gasteiger partial charge is 0.361 e. The summed E-state index contributed by atoms with van der Waals surface area (Å²) in [7, 11) is 0. The van der Waals surface area contributed by atoms with Gasteiger partial charge in [0, 0.05) is 23.9 Å². The summed E-state index contributed by atoms with van der Waals surface area (Å²) in [4.78, 5) is 12.0. The lowest BCUT2D eigenvalue weighted by Crippen LogP contribution is -2.17. The van der Waals surface area contributed by atoms with Crippen LogP contribution in [-0.4, -0.2) is 26.6 Å². The second-order valence-electron chi connectivity index (χ2n) is 5.14. The number of anilines is 1. The van der Waals surface area contributed by atoms with E-state index in [1.807, 2.05) is 24.6 Å². The lowest BCUT2D eigenvalue weighted by molar-refractivity contribution is -0.113. The maximum atomic E-state index is 12.0. The van der Waals surface area contributed by atoms with Crippen molar-refractivity contribution in [2.24, 2.45) is 0 Å². The zero-order valence-electron chi connectivity index (χ0n) is 13.3. The highest BCUT2D eigenvalue weighted by atomic mass is 32.2. The number of carbonyl (C=O) groups is 1. The number of unbranched alkanes of at least 4 members (excludes halogenated alkanes) is 1. The number of aryl methyl sites for hydroxylation is 3. The molecule has 7 heteroatoms. The van der Waals surface area contributed by atoms with E-state index in [0.29, 0.717) is 5.75 Å². The van der Waals surface area contributed by atoms with Crippen molar-refractivity contribution in [2.45, 2.75) is 45.9 Å². The molecule has 0 fully saturated rings. The number of thioether (sulfide) groups is 1. The minimum Gasteiger partial charge on any atom is -0.361 e. The highest BCUT2D eigenvalue weighted by Crippen LogP contribution is 2.19. The van der Waals surface area contributed by atoms with E-state index in [9.17, 15) is 4.79 Å². The Hall–Kier alpha value is -1.76. The maximum absolute atomic E-state index is 12.0. The summed E-state index contributed by atoms with van der Waals surface area (Å²) in [5.41, 5.74) is 1.97. The Bertz CT molecular complexity index is 601. The molecule has 0 spiro atoms. The quantitative estimate of drug-likeness (QED) is 0.808. The van der Waals surface area contributed by atoms with E-state index < -0.39 is 0 Å². The van der Waals surface area contributed by atoms with E-state index in [2.05, 4.69) is 22.5 Å². The molecule has 2 aromatic rings. The van der Waals surface area contributed by atoms with Crippen molar-refractivity contribution in [2.75, 3.05) is 11.1 Å². The van der Waals surface area contributed by atoms with Gasteiger partial charge in [0.25, 0.3) is 0 Å². The number of aromatic nitrogens is 3. The first-order valence-corrected chi connectivity index (χ1v) is 8.58. The van der Waals surface area contributed by atoms with Gasteiger partial charge in [-0.2, -0.15) is 5.10 Å². The molecule has 0 saturated heterocycles. The van der Waals surface area contributed by atoms with E-state index in [1.54, 1.807) is 18.0 Å². The van der Waals surface area contributed by atoms with Gasteiger partial charge in [-0.05, 0) is 20.3 Å². The van der Waals surface area contributed by atoms with Gasteiger partial charge < -0.3 is 9.84 Å². The molecule has 0 saturated carbocycles.